The molecule has 3 fully saturated rings. The van der Waals surface area contributed by atoms with Gasteiger partial charge in [0.2, 0.25) is 47.3 Å². The van der Waals surface area contributed by atoms with E-state index in [0.29, 0.717) is 24.7 Å². The van der Waals surface area contributed by atoms with E-state index < -0.39 is 152 Å². The van der Waals surface area contributed by atoms with E-state index in [1.807, 2.05) is 0 Å². The summed E-state index contributed by atoms with van der Waals surface area (Å²) in [6, 6.07) is -9.01. The Morgan fingerprint density at radius 1 is 0.747 bits per heavy atom. The molecular weight excluding hydrogens is 983 g/mol. The summed E-state index contributed by atoms with van der Waals surface area (Å²) in [5.74, 6) is -9.14. The Morgan fingerprint density at radius 3 is 1.97 bits per heavy atom. The molecule has 15 N–H and O–H groups in total. The number of unbranched alkanes of at least 4 members (excludes halogenated alkanes) is 5. The van der Waals surface area contributed by atoms with Crippen LogP contribution in [0.25, 0.3) is 0 Å². The summed E-state index contributed by atoms with van der Waals surface area (Å²) in [4.78, 5) is 127. The predicted octanol–water partition coefficient (Wildman–Crippen LogP) is -2.18. The number of aromatic hydroxyl groups is 1. The van der Waals surface area contributed by atoms with Crippen LogP contribution in [0.15, 0.2) is 24.3 Å². The molecule has 1 aromatic carbocycles. The lowest BCUT2D eigenvalue weighted by molar-refractivity contribution is -0.147. The fourth-order valence-electron chi connectivity index (χ4n) is 9.80. The summed E-state index contributed by atoms with van der Waals surface area (Å²) in [7, 11) is 0. The van der Waals surface area contributed by atoms with Crippen molar-refractivity contribution in [3.8, 4) is 5.75 Å². The van der Waals surface area contributed by atoms with Crippen LogP contribution < -0.4 is 37.8 Å². The second kappa shape index (κ2) is 29.5. The highest BCUT2D eigenvalue weighted by Gasteiger charge is 2.48. The first-order valence-corrected chi connectivity index (χ1v) is 26.0. The standard InChI is InChI=1S/C50H79N9O16/c1-5-26(2)21-27(3)13-10-8-6-7-9-11-15-38(66)52-32-23-36(64)47(71)56-45(69)33-14-12-20-58(33)50(74)40(35(63)24-37(51)65)54-48(72)42(41(57-75)43(67)29-16-18-30(61)19-17-29)55-46(70)34-22-31(62)25-59(34)49(73)39(28(4)60)53-44(32)68/h16-19,26-28,31-36,39-42,47,57,60-64,71,75H,5-15,20-25H2,1-4H3,(H2,51,65)(H,52,66)(H,53,68)(H,54,72)(H,55,70)(H,56,69). The predicted molar refractivity (Wildman–Crippen MR) is 266 cm³/mol. The first kappa shape index (κ1) is 61.7. The van der Waals surface area contributed by atoms with Gasteiger partial charge in [-0.1, -0.05) is 65.7 Å². The number of benzene rings is 1. The number of carbonyl (C=O) groups excluding carboxylic acids is 9. The summed E-state index contributed by atoms with van der Waals surface area (Å²) >= 11 is 0. The Morgan fingerprint density at radius 2 is 1.35 bits per heavy atom. The van der Waals surface area contributed by atoms with Gasteiger partial charge in [0.25, 0.3) is 0 Å². The molecule has 0 spiro atoms. The van der Waals surface area contributed by atoms with Crippen LogP contribution in [0.4, 0.5) is 0 Å². The van der Waals surface area contributed by atoms with E-state index in [1.54, 1.807) is 5.48 Å². The molecule has 3 heterocycles. The topological polar surface area (TPSA) is 400 Å². The van der Waals surface area contributed by atoms with E-state index in [4.69, 9.17) is 5.73 Å². The number of carbonyl (C=O) groups is 9. The number of hydroxylamine groups is 1. The van der Waals surface area contributed by atoms with Crippen molar-refractivity contribution in [2.24, 2.45) is 17.6 Å². The number of aliphatic hydroxyl groups is 5. The summed E-state index contributed by atoms with van der Waals surface area (Å²) in [5, 5.41) is 87.3. The molecule has 4 rings (SSSR count). The lowest BCUT2D eigenvalue weighted by Gasteiger charge is -2.34. The van der Waals surface area contributed by atoms with Crippen LogP contribution in [-0.2, 0) is 38.4 Å². The van der Waals surface area contributed by atoms with E-state index in [1.165, 1.54) is 6.42 Å². The van der Waals surface area contributed by atoms with E-state index >= 15 is 0 Å². The summed E-state index contributed by atoms with van der Waals surface area (Å²) in [6.07, 6.45) is -3.18. The van der Waals surface area contributed by atoms with Gasteiger partial charge in [-0.15, -0.1) is 0 Å². The molecule has 0 radical (unpaired) electrons. The molecule has 14 unspecified atom stereocenters. The third-order valence-electron chi connectivity index (χ3n) is 14.2. The number of nitrogens with one attached hydrogen (secondary N) is 6. The molecule has 8 amide bonds. The molecule has 3 aliphatic heterocycles. The largest absolute Gasteiger partial charge is 0.508 e. The number of phenols is 1. The van der Waals surface area contributed by atoms with Crippen LogP contribution in [0.3, 0.4) is 0 Å². The maximum Gasteiger partial charge on any atom is 0.248 e. The van der Waals surface area contributed by atoms with Gasteiger partial charge in [0, 0.05) is 37.9 Å². The quantitative estimate of drug-likeness (QED) is 0.0354. The number of hydrogen-bond acceptors (Lipinski definition) is 17. The number of nitrogens with two attached hydrogens (primary N) is 1. The van der Waals surface area contributed by atoms with Gasteiger partial charge in [0.15, 0.2) is 12.0 Å². The summed E-state index contributed by atoms with van der Waals surface area (Å²) in [5.41, 5.74) is 6.77. The van der Waals surface area contributed by atoms with Gasteiger partial charge in [-0.25, -0.2) is 0 Å². The van der Waals surface area contributed by atoms with Crippen molar-refractivity contribution in [1.82, 2.24) is 41.9 Å². The first-order valence-electron chi connectivity index (χ1n) is 26.0. The molecule has 14 atom stereocenters. The minimum Gasteiger partial charge on any atom is -0.508 e. The lowest BCUT2D eigenvalue weighted by atomic mass is 9.91. The molecule has 0 aliphatic carbocycles. The van der Waals surface area contributed by atoms with Crippen LogP contribution in [0.5, 0.6) is 5.75 Å². The van der Waals surface area contributed by atoms with Crippen molar-refractivity contribution in [3.63, 3.8) is 0 Å². The lowest BCUT2D eigenvalue weighted by Crippen LogP contribution is -2.66. The van der Waals surface area contributed by atoms with Crippen LogP contribution in [-0.4, -0.2) is 185 Å². The number of amides is 8. The van der Waals surface area contributed by atoms with Crippen molar-refractivity contribution in [2.45, 2.75) is 197 Å². The summed E-state index contributed by atoms with van der Waals surface area (Å²) in [6.45, 7) is 7.04. The van der Waals surface area contributed by atoms with Crippen LogP contribution >= 0.6 is 0 Å². The second-order valence-electron chi connectivity index (χ2n) is 20.4. The summed E-state index contributed by atoms with van der Waals surface area (Å²) < 4.78 is 0. The number of hydrogen-bond donors (Lipinski definition) is 14. The van der Waals surface area contributed by atoms with Gasteiger partial charge >= 0.3 is 0 Å². The molecular formula is C50H79N9O16. The van der Waals surface area contributed by atoms with Crippen LogP contribution in [0.1, 0.15) is 134 Å². The monoisotopic (exact) mass is 1060 g/mol. The molecule has 25 nitrogen and oxygen atoms in total. The number of rotatable bonds is 21. The average Bonchev–Trinajstić information content (AvgIpc) is 4.02. The van der Waals surface area contributed by atoms with Crippen molar-refractivity contribution < 1.29 is 79.0 Å². The van der Waals surface area contributed by atoms with Gasteiger partial charge in [-0.2, -0.15) is 5.48 Å². The minimum absolute atomic E-state index is 0.0570. The average molecular weight is 1060 g/mol. The fourth-order valence-corrected chi connectivity index (χ4v) is 9.80. The van der Waals surface area contributed by atoms with E-state index in [-0.39, 0.29) is 37.1 Å². The third-order valence-corrected chi connectivity index (χ3v) is 14.2. The molecule has 1 aromatic rings. The number of nitrogens with zero attached hydrogens (tertiary/aromatic N) is 2. The Balaban J connectivity index is 1.69. The molecule has 0 saturated carbocycles. The van der Waals surface area contributed by atoms with Crippen molar-refractivity contribution in [2.75, 3.05) is 13.1 Å². The molecule has 0 bridgehead atoms. The van der Waals surface area contributed by atoms with Crippen molar-refractivity contribution in [1.29, 1.82) is 0 Å². The first-order chi connectivity index (χ1) is 35.5. The molecule has 420 valence electrons. The third kappa shape index (κ3) is 17.9. The second-order valence-corrected chi connectivity index (χ2v) is 20.4. The molecule has 3 aliphatic rings. The Kier molecular flexibility index (Phi) is 24.2. The van der Waals surface area contributed by atoms with Gasteiger partial charge in [-0.05, 0) is 68.7 Å². The van der Waals surface area contributed by atoms with Crippen LogP contribution in [0.2, 0.25) is 0 Å². The van der Waals surface area contributed by atoms with E-state index in [0.717, 1.165) is 79.5 Å². The molecule has 0 aromatic heterocycles. The normalized spacial score (nSPS) is 27.5. The fraction of sp³-hybridized carbons (Fsp3) is 0.700. The van der Waals surface area contributed by atoms with E-state index in [2.05, 4.69) is 47.4 Å². The van der Waals surface area contributed by atoms with Crippen LogP contribution in [0, 0.1) is 11.8 Å². The molecule has 25 heteroatoms. The number of Topliss-reactive ketones (excluding diaryl/α,β-unsaturated/α-hetero) is 1. The minimum atomic E-state index is -2.28. The Labute approximate surface area is 436 Å². The maximum absolute atomic E-state index is 14.5. The zero-order chi connectivity index (χ0) is 55.7. The zero-order valence-corrected chi connectivity index (χ0v) is 43.2. The Hall–Kier alpha value is -5.83. The van der Waals surface area contributed by atoms with Crippen molar-refractivity contribution in [3.05, 3.63) is 29.8 Å². The SMILES string of the molecule is CCC(C)CC(C)CCCCCCCCC(=O)NC1CC(O)C(O)NC(=O)C2CCCN2C(=O)C(C(O)CC(N)=O)NC(=O)C(C(NO)C(=O)c2ccc(O)cc2)NC(=O)C2CC(O)CN2C(=O)C(C(C)O)NC1=O. The van der Waals surface area contributed by atoms with E-state index in [9.17, 15) is 79.0 Å². The number of fused-ring (bicyclic) bond motifs is 2. The highest BCUT2D eigenvalue weighted by Crippen LogP contribution is 2.25. The van der Waals surface area contributed by atoms with Gasteiger partial charge in [0.05, 0.1) is 24.7 Å². The number of ketones is 1. The maximum atomic E-state index is 14.5. The van der Waals surface area contributed by atoms with Gasteiger partial charge in [-0.3, -0.25) is 43.2 Å². The van der Waals surface area contributed by atoms with Gasteiger partial charge < -0.3 is 78.0 Å². The smallest absolute Gasteiger partial charge is 0.248 e. The van der Waals surface area contributed by atoms with Gasteiger partial charge in [0.1, 0.15) is 54.1 Å². The number of phenolic OH excluding ortho intramolecular Hbond substituents is 1. The zero-order valence-electron chi connectivity index (χ0n) is 43.2. The molecule has 3 saturated heterocycles. The van der Waals surface area contributed by atoms with Crippen molar-refractivity contribution >= 4 is 53.0 Å². The number of primary amides is 1. The highest BCUT2D eigenvalue weighted by atomic mass is 16.5. The highest BCUT2D eigenvalue weighted by molar-refractivity contribution is 6.06. The Bertz CT molecular complexity index is 2130. The molecule has 75 heavy (non-hydrogen) atoms. The number of aliphatic hydroxyl groups excluding tert-OH is 5.